The molecule has 2 N–H and O–H groups in total. The Balaban J connectivity index is 3.59. The molecule has 17 heavy (non-hydrogen) atoms. The fourth-order valence-corrected chi connectivity index (χ4v) is 2.17. The van der Waals surface area contributed by atoms with Crippen molar-refractivity contribution < 1.29 is 10.2 Å². The summed E-state index contributed by atoms with van der Waals surface area (Å²) in [6.45, 7) is 10.3. The molecule has 0 saturated carbocycles. The lowest BCUT2D eigenvalue weighted by atomic mass is 9.92. The molecular formula is C15H32O2. The summed E-state index contributed by atoms with van der Waals surface area (Å²) in [4.78, 5) is 0. The molecule has 0 aliphatic carbocycles. The Bertz CT molecular complexity index is 182. The third-order valence-electron chi connectivity index (χ3n) is 3.21. The first kappa shape index (κ1) is 16.9. The van der Waals surface area contributed by atoms with Crippen LogP contribution in [0.3, 0.4) is 0 Å². The van der Waals surface area contributed by atoms with Crippen LogP contribution in [0.2, 0.25) is 0 Å². The third-order valence-corrected chi connectivity index (χ3v) is 3.21. The number of aliphatic hydroxyl groups is 2. The summed E-state index contributed by atoms with van der Waals surface area (Å²) in [6.07, 6.45) is 5.85. The molecule has 0 saturated heterocycles. The van der Waals surface area contributed by atoms with Crippen LogP contribution in [0.25, 0.3) is 0 Å². The van der Waals surface area contributed by atoms with Gasteiger partial charge in [0.05, 0.1) is 11.7 Å². The fourth-order valence-electron chi connectivity index (χ4n) is 2.17. The lowest BCUT2D eigenvalue weighted by molar-refractivity contribution is 0.0138. The second-order valence-electron chi connectivity index (χ2n) is 6.68. The van der Waals surface area contributed by atoms with Crippen LogP contribution in [0.1, 0.15) is 73.1 Å². The molecule has 0 aliphatic rings. The first-order chi connectivity index (χ1) is 7.70. The molecular weight excluding hydrogens is 212 g/mol. The molecule has 0 amide bonds. The standard InChI is InChI=1S/C15H32O2/c1-12(2)7-6-8-13(3)9-10-14(16)11-15(4,5)17/h12-14,16-17H,6-11H2,1-5H3/t13?,14-/m0/s1. The van der Waals surface area contributed by atoms with Gasteiger partial charge in [-0.25, -0.2) is 0 Å². The molecule has 2 atom stereocenters. The highest BCUT2D eigenvalue weighted by atomic mass is 16.3. The van der Waals surface area contributed by atoms with Crippen molar-refractivity contribution in [2.75, 3.05) is 0 Å². The smallest absolute Gasteiger partial charge is 0.0616 e. The molecule has 0 aromatic carbocycles. The van der Waals surface area contributed by atoms with E-state index in [2.05, 4.69) is 20.8 Å². The van der Waals surface area contributed by atoms with Crippen molar-refractivity contribution >= 4 is 0 Å². The summed E-state index contributed by atoms with van der Waals surface area (Å²) in [7, 11) is 0. The van der Waals surface area contributed by atoms with E-state index >= 15 is 0 Å². The van der Waals surface area contributed by atoms with E-state index in [1.165, 1.54) is 19.3 Å². The molecule has 1 unspecified atom stereocenters. The summed E-state index contributed by atoms with van der Waals surface area (Å²) in [5, 5.41) is 19.4. The first-order valence-corrected chi connectivity index (χ1v) is 7.11. The Morgan fingerprint density at radius 3 is 2.00 bits per heavy atom. The van der Waals surface area contributed by atoms with Gasteiger partial charge < -0.3 is 10.2 Å². The van der Waals surface area contributed by atoms with Gasteiger partial charge in [-0.1, -0.05) is 40.0 Å². The summed E-state index contributed by atoms with van der Waals surface area (Å²) in [5.41, 5.74) is -0.750. The predicted octanol–water partition coefficient (Wildman–Crippen LogP) is 3.75. The highest BCUT2D eigenvalue weighted by Gasteiger charge is 2.18. The minimum Gasteiger partial charge on any atom is -0.393 e. The maximum atomic E-state index is 9.79. The van der Waals surface area contributed by atoms with E-state index in [9.17, 15) is 10.2 Å². The van der Waals surface area contributed by atoms with Gasteiger partial charge in [-0.15, -0.1) is 0 Å². The molecule has 0 radical (unpaired) electrons. The molecule has 0 fully saturated rings. The van der Waals surface area contributed by atoms with Crippen molar-refractivity contribution in [3.8, 4) is 0 Å². The minimum absolute atomic E-state index is 0.359. The molecule has 0 aliphatic heterocycles. The lowest BCUT2D eigenvalue weighted by Crippen LogP contribution is -2.26. The zero-order valence-corrected chi connectivity index (χ0v) is 12.4. The topological polar surface area (TPSA) is 40.5 Å². The average Bonchev–Trinajstić information content (AvgIpc) is 2.11. The number of hydrogen-bond acceptors (Lipinski definition) is 2. The zero-order chi connectivity index (χ0) is 13.5. The van der Waals surface area contributed by atoms with Crippen LogP contribution in [0.5, 0.6) is 0 Å². The SMILES string of the molecule is CC(C)CCCC(C)CC[C@H](O)CC(C)(C)O. The monoisotopic (exact) mass is 244 g/mol. The second-order valence-corrected chi connectivity index (χ2v) is 6.68. The molecule has 2 nitrogen and oxygen atoms in total. The molecule has 0 aromatic rings. The van der Waals surface area contributed by atoms with Crippen LogP contribution in [0.15, 0.2) is 0 Å². The van der Waals surface area contributed by atoms with Gasteiger partial charge in [0.25, 0.3) is 0 Å². The van der Waals surface area contributed by atoms with Gasteiger partial charge >= 0.3 is 0 Å². The van der Waals surface area contributed by atoms with E-state index in [1.54, 1.807) is 13.8 Å². The molecule has 0 aromatic heterocycles. The van der Waals surface area contributed by atoms with Gasteiger partial charge in [0, 0.05) is 6.42 Å². The van der Waals surface area contributed by atoms with Crippen molar-refractivity contribution in [2.45, 2.75) is 84.8 Å². The summed E-state index contributed by atoms with van der Waals surface area (Å²) in [5.74, 6) is 1.48. The second kappa shape index (κ2) is 8.10. The Labute approximate surface area is 107 Å². The average molecular weight is 244 g/mol. The normalized spacial score (nSPS) is 16.2. The Morgan fingerprint density at radius 2 is 1.53 bits per heavy atom. The summed E-state index contributed by atoms with van der Waals surface area (Å²) in [6, 6.07) is 0. The van der Waals surface area contributed by atoms with Gasteiger partial charge in [-0.3, -0.25) is 0 Å². The van der Waals surface area contributed by atoms with E-state index in [1.807, 2.05) is 0 Å². The molecule has 0 spiro atoms. The summed E-state index contributed by atoms with van der Waals surface area (Å²) < 4.78 is 0. The van der Waals surface area contributed by atoms with E-state index in [-0.39, 0.29) is 6.10 Å². The van der Waals surface area contributed by atoms with Crippen LogP contribution in [-0.4, -0.2) is 21.9 Å². The van der Waals surface area contributed by atoms with Crippen molar-refractivity contribution in [1.82, 2.24) is 0 Å². The first-order valence-electron chi connectivity index (χ1n) is 7.11. The number of hydrogen-bond donors (Lipinski definition) is 2. The van der Waals surface area contributed by atoms with Crippen LogP contribution < -0.4 is 0 Å². The quantitative estimate of drug-likeness (QED) is 0.648. The van der Waals surface area contributed by atoms with E-state index in [0.717, 1.165) is 18.8 Å². The highest BCUT2D eigenvalue weighted by molar-refractivity contribution is 4.71. The molecule has 0 rings (SSSR count). The van der Waals surface area contributed by atoms with E-state index in [4.69, 9.17) is 0 Å². The molecule has 0 bridgehead atoms. The maximum Gasteiger partial charge on any atom is 0.0616 e. The Morgan fingerprint density at radius 1 is 0.941 bits per heavy atom. The zero-order valence-electron chi connectivity index (χ0n) is 12.4. The van der Waals surface area contributed by atoms with Gasteiger partial charge in [-0.2, -0.15) is 0 Å². The van der Waals surface area contributed by atoms with Crippen LogP contribution in [-0.2, 0) is 0 Å². The third kappa shape index (κ3) is 12.2. The largest absolute Gasteiger partial charge is 0.393 e. The van der Waals surface area contributed by atoms with E-state index in [0.29, 0.717) is 12.3 Å². The maximum absolute atomic E-state index is 9.79. The molecule has 0 heterocycles. The fraction of sp³-hybridized carbons (Fsp3) is 1.00. The highest BCUT2D eigenvalue weighted by Crippen LogP contribution is 2.20. The summed E-state index contributed by atoms with van der Waals surface area (Å²) >= 11 is 0. The van der Waals surface area contributed by atoms with Crippen LogP contribution >= 0.6 is 0 Å². The predicted molar refractivity (Wildman–Crippen MR) is 74.0 cm³/mol. The van der Waals surface area contributed by atoms with Crippen molar-refractivity contribution in [3.63, 3.8) is 0 Å². The van der Waals surface area contributed by atoms with Gasteiger partial charge in [0.15, 0.2) is 0 Å². The van der Waals surface area contributed by atoms with E-state index < -0.39 is 5.60 Å². The Kier molecular flexibility index (Phi) is 8.06. The van der Waals surface area contributed by atoms with Crippen molar-refractivity contribution in [3.05, 3.63) is 0 Å². The van der Waals surface area contributed by atoms with Crippen molar-refractivity contribution in [1.29, 1.82) is 0 Å². The lowest BCUT2D eigenvalue weighted by Gasteiger charge is -2.22. The van der Waals surface area contributed by atoms with Crippen LogP contribution in [0, 0.1) is 11.8 Å². The minimum atomic E-state index is -0.750. The van der Waals surface area contributed by atoms with Gasteiger partial charge in [-0.05, 0) is 38.5 Å². The molecule has 2 heteroatoms. The van der Waals surface area contributed by atoms with Crippen molar-refractivity contribution in [2.24, 2.45) is 11.8 Å². The van der Waals surface area contributed by atoms with Crippen LogP contribution in [0.4, 0.5) is 0 Å². The Hall–Kier alpha value is -0.0800. The molecule has 104 valence electrons. The number of rotatable bonds is 9. The van der Waals surface area contributed by atoms with Gasteiger partial charge in [0.1, 0.15) is 0 Å². The van der Waals surface area contributed by atoms with Gasteiger partial charge in [0.2, 0.25) is 0 Å². The number of aliphatic hydroxyl groups excluding tert-OH is 1.